The van der Waals surface area contributed by atoms with Crippen molar-refractivity contribution >= 4 is 17.7 Å². The first-order valence-electron chi connectivity index (χ1n) is 9.04. The van der Waals surface area contributed by atoms with Gasteiger partial charge in [-0.15, -0.1) is 0 Å². The number of carbonyl (C=O) groups excluding carboxylic acids is 3. The van der Waals surface area contributed by atoms with Crippen LogP contribution in [0.25, 0.3) is 5.69 Å². The SMILES string of the molecule is CC(=O)N1CCCC(NC(=O)c2ccc(-n3ccccc3=O)cc2)C1C(N)=O. The average Bonchev–Trinajstić information content (AvgIpc) is 2.68. The molecule has 0 spiro atoms. The van der Waals surface area contributed by atoms with E-state index in [4.69, 9.17) is 5.73 Å². The zero-order chi connectivity index (χ0) is 20.3. The zero-order valence-electron chi connectivity index (χ0n) is 15.5. The molecule has 3 amide bonds. The summed E-state index contributed by atoms with van der Waals surface area (Å²) >= 11 is 0. The Labute approximate surface area is 161 Å². The maximum Gasteiger partial charge on any atom is 0.255 e. The number of benzene rings is 1. The molecule has 1 aromatic heterocycles. The first-order chi connectivity index (χ1) is 13.4. The number of pyridine rings is 1. The average molecular weight is 382 g/mol. The van der Waals surface area contributed by atoms with Crippen LogP contribution in [0.4, 0.5) is 0 Å². The van der Waals surface area contributed by atoms with E-state index in [2.05, 4.69) is 5.32 Å². The van der Waals surface area contributed by atoms with Gasteiger partial charge in [0, 0.05) is 37.0 Å². The van der Waals surface area contributed by atoms with Crippen molar-refractivity contribution in [3.63, 3.8) is 0 Å². The summed E-state index contributed by atoms with van der Waals surface area (Å²) in [6.45, 7) is 1.82. The van der Waals surface area contributed by atoms with Gasteiger partial charge in [0.05, 0.1) is 6.04 Å². The van der Waals surface area contributed by atoms with E-state index in [9.17, 15) is 19.2 Å². The zero-order valence-corrected chi connectivity index (χ0v) is 15.5. The standard InChI is InChI=1S/C20H22N4O4/c1-13(25)23-12-4-5-16(18(23)19(21)27)22-20(28)14-7-9-15(10-8-14)24-11-3-2-6-17(24)26/h2-3,6-11,16,18H,4-5,12H2,1H3,(H2,21,27)(H,22,28). The number of carbonyl (C=O) groups is 3. The molecule has 8 heteroatoms. The van der Waals surface area contributed by atoms with Crippen LogP contribution in [0, 0.1) is 0 Å². The Morgan fingerprint density at radius 3 is 2.43 bits per heavy atom. The quantitative estimate of drug-likeness (QED) is 0.798. The van der Waals surface area contributed by atoms with Gasteiger partial charge in [0.1, 0.15) is 6.04 Å². The van der Waals surface area contributed by atoms with Gasteiger partial charge in [-0.1, -0.05) is 6.07 Å². The van der Waals surface area contributed by atoms with E-state index in [1.54, 1.807) is 42.6 Å². The predicted octanol–water partition coefficient (Wildman–Crippen LogP) is 0.432. The van der Waals surface area contributed by atoms with E-state index in [-0.39, 0.29) is 17.4 Å². The number of nitrogens with one attached hydrogen (secondary N) is 1. The molecule has 0 radical (unpaired) electrons. The number of likely N-dealkylation sites (tertiary alicyclic amines) is 1. The molecule has 0 aliphatic carbocycles. The highest BCUT2D eigenvalue weighted by molar-refractivity contribution is 5.95. The predicted molar refractivity (Wildman–Crippen MR) is 103 cm³/mol. The van der Waals surface area contributed by atoms with Crippen molar-refractivity contribution in [1.82, 2.24) is 14.8 Å². The fraction of sp³-hybridized carbons (Fsp3) is 0.300. The van der Waals surface area contributed by atoms with Gasteiger partial charge in [-0.3, -0.25) is 23.7 Å². The summed E-state index contributed by atoms with van der Waals surface area (Å²) in [4.78, 5) is 49.6. The van der Waals surface area contributed by atoms with Crippen LogP contribution in [-0.4, -0.2) is 45.8 Å². The number of hydrogen-bond donors (Lipinski definition) is 2. The molecule has 28 heavy (non-hydrogen) atoms. The van der Waals surface area contributed by atoms with Gasteiger partial charge >= 0.3 is 0 Å². The second kappa shape index (κ2) is 8.08. The molecule has 3 N–H and O–H groups in total. The molecule has 1 aliphatic heterocycles. The van der Waals surface area contributed by atoms with E-state index >= 15 is 0 Å². The van der Waals surface area contributed by atoms with Crippen LogP contribution < -0.4 is 16.6 Å². The van der Waals surface area contributed by atoms with Crippen LogP contribution in [0.5, 0.6) is 0 Å². The number of piperidine rings is 1. The molecule has 1 saturated heterocycles. The molecule has 1 fully saturated rings. The third kappa shape index (κ3) is 3.95. The fourth-order valence-corrected chi connectivity index (χ4v) is 3.52. The Morgan fingerprint density at radius 1 is 1.11 bits per heavy atom. The first-order valence-corrected chi connectivity index (χ1v) is 9.04. The fourth-order valence-electron chi connectivity index (χ4n) is 3.52. The molecule has 2 aromatic rings. The molecule has 1 aromatic carbocycles. The maximum atomic E-state index is 12.6. The highest BCUT2D eigenvalue weighted by atomic mass is 16.2. The van der Waals surface area contributed by atoms with Gasteiger partial charge in [0.25, 0.3) is 11.5 Å². The molecule has 146 valence electrons. The monoisotopic (exact) mass is 382 g/mol. The van der Waals surface area contributed by atoms with Gasteiger partial charge in [-0.2, -0.15) is 0 Å². The van der Waals surface area contributed by atoms with Crippen LogP contribution in [-0.2, 0) is 9.59 Å². The van der Waals surface area contributed by atoms with Crippen molar-refractivity contribution in [1.29, 1.82) is 0 Å². The van der Waals surface area contributed by atoms with Crippen molar-refractivity contribution in [3.8, 4) is 5.69 Å². The Bertz CT molecular complexity index is 951. The molecule has 0 saturated carbocycles. The van der Waals surface area contributed by atoms with Crippen molar-refractivity contribution < 1.29 is 14.4 Å². The van der Waals surface area contributed by atoms with E-state index in [0.717, 1.165) is 0 Å². The first kappa shape index (κ1) is 19.3. The number of hydrogen-bond acceptors (Lipinski definition) is 4. The highest BCUT2D eigenvalue weighted by Crippen LogP contribution is 2.19. The summed E-state index contributed by atoms with van der Waals surface area (Å²) in [7, 11) is 0. The molecule has 2 heterocycles. The number of nitrogens with zero attached hydrogens (tertiary/aromatic N) is 2. The van der Waals surface area contributed by atoms with Crippen molar-refractivity contribution in [2.75, 3.05) is 6.54 Å². The van der Waals surface area contributed by atoms with Crippen LogP contribution in [0.2, 0.25) is 0 Å². The summed E-state index contributed by atoms with van der Waals surface area (Å²) in [5, 5.41) is 2.82. The minimum Gasteiger partial charge on any atom is -0.368 e. The smallest absolute Gasteiger partial charge is 0.255 e. The minimum atomic E-state index is -0.864. The van der Waals surface area contributed by atoms with E-state index < -0.39 is 18.0 Å². The van der Waals surface area contributed by atoms with Crippen molar-refractivity contribution in [2.24, 2.45) is 5.73 Å². The number of nitrogens with two attached hydrogens (primary N) is 1. The second-order valence-corrected chi connectivity index (χ2v) is 6.74. The molecule has 0 bridgehead atoms. The number of aromatic nitrogens is 1. The Hall–Kier alpha value is -3.42. The van der Waals surface area contributed by atoms with Gasteiger partial charge in [0.15, 0.2) is 0 Å². The summed E-state index contributed by atoms with van der Waals surface area (Å²) in [6, 6.07) is 10.0. The van der Waals surface area contributed by atoms with E-state index in [1.165, 1.54) is 22.5 Å². The lowest BCUT2D eigenvalue weighted by Crippen LogP contribution is -2.61. The van der Waals surface area contributed by atoms with Crippen molar-refractivity contribution in [3.05, 3.63) is 64.6 Å². The summed E-state index contributed by atoms with van der Waals surface area (Å²) in [6.07, 6.45) is 2.87. The lowest BCUT2D eigenvalue weighted by molar-refractivity contribution is -0.140. The lowest BCUT2D eigenvalue weighted by Gasteiger charge is -2.39. The summed E-state index contributed by atoms with van der Waals surface area (Å²) in [5.74, 6) is -1.26. The Kier molecular flexibility index (Phi) is 5.58. The highest BCUT2D eigenvalue weighted by Gasteiger charge is 2.37. The van der Waals surface area contributed by atoms with Gasteiger partial charge < -0.3 is 16.0 Å². The number of rotatable bonds is 4. The minimum absolute atomic E-state index is 0.171. The molecule has 1 aliphatic rings. The molecule has 3 rings (SSSR count). The summed E-state index contributed by atoms with van der Waals surface area (Å²) < 4.78 is 1.47. The molecular weight excluding hydrogens is 360 g/mol. The van der Waals surface area contributed by atoms with Crippen LogP contribution in [0.3, 0.4) is 0 Å². The van der Waals surface area contributed by atoms with Crippen molar-refractivity contribution in [2.45, 2.75) is 31.8 Å². The Morgan fingerprint density at radius 2 is 1.82 bits per heavy atom. The van der Waals surface area contributed by atoms with E-state index in [1.807, 2.05) is 0 Å². The van der Waals surface area contributed by atoms with E-state index in [0.29, 0.717) is 30.6 Å². The third-order valence-corrected chi connectivity index (χ3v) is 4.87. The second-order valence-electron chi connectivity index (χ2n) is 6.74. The van der Waals surface area contributed by atoms with Gasteiger partial charge in [0.2, 0.25) is 11.8 Å². The third-order valence-electron chi connectivity index (χ3n) is 4.87. The van der Waals surface area contributed by atoms with Crippen LogP contribution in [0.1, 0.15) is 30.1 Å². The normalized spacial score (nSPS) is 19.1. The van der Waals surface area contributed by atoms with Gasteiger partial charge in [-0.05, 0) is 43.2 Å². The summed E-state index contributed by atoms with van der Waals surface area (Å²) in [5.41, 5.74) is 6.33. The molecule has 2 unspecified atom stereocenters. The number of primary amides is 1. The van der Waals surface area contributed by atoms with Gasteiger partial charge in [-0.25, -0.2) is 0 Å². The van der Waals surface area contributed by atoms with Crippen LogP contribution >= 0.6 is 0 Å². The number of amides is 3. The molecule has 2 atom stereocenters. The van der Waals surface area contributed by atoms with Crippen LogP contribution in [0.15, 0.2) is 53.5 Å². The molecule has 8 nitrogen and oxygen atoms in total. The Balaban J connectivity index is 1.77. The topological polar surface area (TPSA) is 114 Å². The largest absolute Gasteiger partial charge is 0.368 e. The lowest BCUT2D eigenvalue weighted by atomic mass is 9.95. The molecular formula is C20H22N4O4. The maximum absolute atomic E-state index is 12.6.